The maximum atomic E-state index is 12.6. The Morgan fingerprint density at radius 3 is 2.53 bits per heavy atom. The number of nitrogens with one attached hydrogen (secondary N) is 1. The minimum absolute atomic E-state index is 0.304. The highest BCUT2D eigenvalue weighted by molar-refractivity contribution is 7.92. The molecule has 1 aliphatic heterocycles. The van der Waals surface area contributed by atoms with Gasteiger partial charge in [-0.1, -0.05) is 42.5 Å². The van der Waals surface area contributed by atoms with Gasteiger partial charge in [-0.3, -0.25) is 9.10 Å². The van der Waals surface area contributed by atoms with Crippen LogP contribution >= 0.6 is 0 Å². The lowest BCUT2D eigenvalue weighted by Crippen LogP contribution is -2.40. The zero-order valence-electron chi connectivity index (χ0n) is 16.5. The van der Waals surface area contributed by atoms with Gasteiger partial charge in [0.1, 0.15) is 19.8 Å². The van der Waals surface area contributed by atoms with E-state index in [1.807, 2.05) is 42.5 Å². The smallest absolute Gasteiger partial charge is 0.241 e. The van der Waals surface area contributed by atoms with Crippen LogP contribution in [0.2, 0.25) is 0 Å². The van der Waals surface area contributed by atoms with E-state index in [1.165, 1.54) is 0 Å². The van der Waals surface area contributed by atoms with Crippen LogP contribution in [-0.2, 0) is 21.4 Å². The number of ether oxygens (including phenoxy) is 2. The molecule has 1 aliphatic rings. The number of rotatable bonds is 6. The van der Waals surface area contributed by atoms with Crippen molar-refractivity contribution in [3.8, 4) is 11.5 Å². The maximum absolute atomic E-state index is 12.6. The van der Waals surface area contributed by atoms with Gasteiger partial charge < -0.3 is 14.8 Å². The molecule has 0 bridgehead atoms. The molecule has 0 aromatic heterocycles. The van der Waals surface area contributed by atoms with Crippen molar-refractivity contribution < 1.29 is 22.7 Å². The summed E-state index contributed by atoms with van der Waals surface area (Å²) < 4.78 is 36.8. The Labute approximate surface area is 175 Å². The number of anilines is 1. The molecule has 8 heteroatoms. The summed E-state index contributed by atoms with van der Waals surface area (Å²) in [5, 5.41) is 4.95. The second-order valence-corrected chi connectivity index (χ2v) is 8.92. The standard InChI is InChI=1S/C22H22N2O5S/c1-30(26,27)24(18-9-10-20-21(13-18)29-12-11-28-20)15-22(25)23-14-17-7-4-6-16-5-2-3-8-19(16)17/h2-10,13H,11-12,14-15H2,1H3,(H,23,25). The number of fused-ring (bicyclic) bond motifs is 2. The van der Waals surface area contributed by atoms with Crippen molar-refractivity contribution in [3.63, 3.8) is 0 Å². The number of nitrogens with zero attached hydrogens (tertiary/aromatic N) is 1. The van der Waals surface area contributed by atoms with Crippen molar-refractivity contribution in [1.29, 1.82) is 0 Å². The van der Waals surface area contributed by atoms with E-state index in [-0.39, 0.29) is 6.54 Å². The van der Waals surface area contributed by atoms with Gasteiger partial charge in [0, 0.05) is 12.6 Å². The third-order valence-corrected chi connectivity index (χ3v) is 6.00. The summed E-state index contributed by atoms with van der Waals surface area (Å²) in [4.78, 5) is 12.6. The molecule has 0 unspecified atom stereocenters. The molecule has 0 spiro atoms. The minimum atomic E-state index is -3.68. The molecule has 156 valence electrons. The minimum Gasteiger partial charge on any atom is -0.486 e. The lowest BCUT2D eigenvalue weighted by atomic mass is 10.0. The predicted molar refractivity (Wildman–Crippen MR) is 115 cm³/mol. The first-order valence-corrected chi connectivity index (χ1v) is 11.4. The van der Waals surface area contributed by atoms with Crippen LogP contribution in [0.15, 0.2) is 60.7 Å². The zero-order valence-corrected chi connectivity index (χ0v) is 17.3. The number of sulfonamides is 1. The average Bonchev–Trinajstić information content (AvgIpc) is 2.75. The van der Waals surface area contributed by atoms with Crippen molar-refractivity contribution in [2.24, 2.45) is 0 Å². The Morgan fingerprint density at radius 1 is 1.00 bits per heavy atom. The number of hydrogen-bond acceptors (Lipinski definition) is 5. The molecule has 3 aromatic carbocycles. The summed E-state index contributed by atoms with van der Waals surface area (Å²) >= 11 is 0. The van der Waals surface area contributed by atoms with Crippen molar-refractivity contribution in [1.82, 2.24) is 5.32 Å². The van der Waals surface area contributed by atoms with Crippen LogP contribution in [0.5, 0.6) is 11.5 Å². The molecule has 0 fully saturated rings. The van der Waals surface area contributed by atoms with Crippen molar-refractivity contribution >= 4 is 32.4 Å². The number of carbonyl (C=O) groups is 1. The van der Waals surface area contributed by atoms with Gasteiger partial charge in [-0.15, -0.1) is 0 Å². The molecule has 1 heterocycles. The van der Waals surface area contributed by atoms with Crippen LogP contribution in [0.25, 0.3) is 10.8 Å². The van der Waals surface area contributed by atoms with E-state index in [9.17, 15) is 13.2 Å². The first kappa shape index (κ1) is 20.0. The monoisotopic (exact) mass is 426 g/mol. The summed E-state index contributed by atoms with van der Waals surface area (Å²) in [6.45, 7) is 0.807. The lowest BCUT2D eigenvalue weighted by molar-refractivity contribution is -0.119. The van der Waals surface area contributed by atoms with Crippen molar-refractivity contribution in [2.75, 3.05) is 30.3 Å². The van der Waals surface area contributed by atoms with Crippen LogP contribution in [0.3, 0.4) is 0 Å². The Balaban J connectivity index is 1.50. The fourth-order valence-corrected chi connectivity index (χ4v) is 4.26. The normalized spacial score (nSPS) is 13.1. The van der Waals surface area contributed by atoms with E-state index >= 15 is 0 Å². The highest BCUT2D eigenvalue weighted by Crippen LogP contribution is 2.34. The Kier molecular flexibility index (Phi) is 5.50. The molecule has 1 N–H and O–H groups in total. The molecular weight excluding hydrogens is 404 g/mol. The molecule has 4 rings (SSSR count). The van der Waals surface area contributed by atoms with Gasteiger partial charge in [0.05, 0.1) is 11.9 Å². The second-order valence-electron chi connectivity index (χ2n) is 7.01. The fourth-order valence-electron chi connectivity index (χ4n) is 3.41. The number of hydrogen-bond donors (Lipinski definition) is 1. The van der Waals surface area contributed by atoms with Crippen LogP contribution in [0, 0.1) is 0 Å². The Hall–Kier alpha value is -3.26. The number of amides is 1. The van der Waals surface area contributed by atoms with Crippen LogP contribution in [0.4, 0.5) is 5.69 Å². The summed E-state index contributed by atoms with van der Waals surface area (Å²) in [6.07, 6.45) is 1.07. The molecular formula is C22H22N2O5S. The Bertz CT molecular complexity index is 1190. The molecule has 7 nitrogen and oxygen atoms in total. The van der Waals surface area contributed by atoms with Crippen LogP contribution in [0.1, 0.15) is 5.56 Å². The summed E-state index contributed by atoms with van der Waals surface area (Å²) in [5.41, 5.74) is 1.31. The van der Waals surface area contributed by atoms with Crippen molar-refractivity contribution in [2.45, 2.75) is 6.54 Å². The highest BCUT2D eigenvalue weighted by atomic mass is 32.2. The first-order chi connectivity index (χ1) is 14.4. The topological polar surface area (TPSA) is 84.9 Å². The van der Waals surface area contributed by atoms with E-state index in [0.717, 1.165) is 26.9 Å². The molecule has 30 heavy (non-hydrogen) atoms. The third-order valence-electron chi connectivity index (χ3n) is 4.86. The van der Waals surface area contributed by atoms with Gasteiger partial charge >= 0.3 is 0 Å². The van der Waals surface area contributed by atoms with Crippen LogP contribution < -0.4 is 19.1 Å². The van der Waals surface area contributed by atoms with E-state index in [2.05, 4.69) is 5.32 Å². The molecule has 0 saturated heterocycles. The third kappa shape index (κ3) is 4.33. The van der Waals surface area contributed by atoms with Gasteiger partial charge in [0.25, 0.3) is 0 Å². The molecule has 0 atom stereocenters. The van der Waals surface area contributed by atoms with Gasteiger partial charge in [-0.2, -0.15) is 0 Å². The van der Waals surface area contributed by atoms with Crippen molar-refractivity contribution in [3.05, 3.63) is 66.2 Å². The van der Waals surface area contributed by atoms with Gasteiger partial charge in [-0.25, -0.2) is 8.42 Å². The quantitative estimate of drug-likeness (QED) is 0.655. The molecule has 1 amide bonds. The first-order valence-electron chi connectivity index (χ1n) is 9.52. The summed E-state index contributed by atoms with van der Waals surface area (Å²) in [5.74, 6) is 0.616. The van der Waals surface area contributed by atoms with E-state index in [0.29, 0.717) is 36.9 Å². The number of benzene rings is 3. The number of carbonyl (C=O) groups excluding carboxylic acids is 1. The maximum Gasteiger partial charge on any atom is 0.241 e. The Morgan fingerprint density at radius 2 is 1.73 bits per heavy atom. The summed E-state index contributed by atoms with van der Waals surface area (Å²) in [6, 6.07) is 18.6. The van der Waals surface area contributed by atoms with Crippen LogP contribution in [-0.4, -0.2) is 40.3 Å². The van der Waals surface area contributed by atoms with E-state index in [4.69, 9.17) is 9.47 Å². The molecule has 0 saturated carbocycles. The van der Waals surface area contributed by atoms with E-state index in [1.54, 1.807) is 18.2 Å². The largest absolute Gasteiger partial charge is 0.486 e. The predicted octanol–water partition coefficient (Wildman–Crippen LogP) is 2.69. The van der Waals surface area contributed by atoms with Gasteiger partial charge in [-0.05, 0) is 28.5 Å². The van der Waals surface area contributed by atoms with Gasteiger partial charge in [0.15, 0.2) is 11.5 Å². The van der Waals surface area contributed by atoms with E-state index < -0.39 is 15.9 Å². The lowest BCUT2D eigenvalue weighted by Gasteiger charge is -2.24. The zero-order chi connectivity index (χ0) is 21.1. The summed E-state index contributed by atoms with van der Waals surface area (Å²) in [7, 11) is -3.68. The fraction of sp³-hybridized carbons (Fsp3) is 0.227. The average molecular weight is 426 g/mol. The SMILES string of the molecule is CS(=O)(=O)N(CC(=O)NCc1cccc2ccccc12)c1ccc2c(c1)OCCO2. The second kappa shape index (κ2) is 8.23. The molecule has 3 aromatic rings. The van der Waals surface area contributed by atoms with Gasteiger partial charge in [0.2, 0.25) is 15.9 Å². The highest BCUT2D eigenvalue weighted by Gasteiger charge is 2.23. The molecule has 0 radical (unpaired) electrons. The molecule has 0 aliphatic carbocycles.